The van der Waals surface area contributed by atoms with Gasteiger partial charge in [-0.05, 0) is 54.4 Å². The second kappa shape index (κ2) is 10.4. The molecule has 0 aliphatic heterocycles. The lowest BCUT2D eigenvalue weighted by Crippen LogP contribution is -2.25. The minimum Gasteiger partial charge on any atom is -0.489 e. The largest absolute Gasteiger partial charge is 0.489 e. The maximum absolute atomic E-state index is 12.0. The third-order valence-corrected chi connectivity index (χ3v) is 4.22. The van der Waals surface area contributed by atoms with Crippen LogP contribution < -0.4 is 14.9 Å². The minimum atomic E-state index is -0.368. The topological polar surface area (TPSA) is 83.7 Å². The lowest BCUT2D eigenvalue weighted by Gasteiger charge is -2.08. The standard InChI is InChI=1S/C24H21N3O3/c1-18(21-9-7-19(15-25)8-10-21)26-27-24(28)17-30-23-13-11-22(12-14-23)29-16-20-5-3-2-4-6-20/h2-14H,16-17H2,1H3,(H,27,28)/b26-18+. The highest BCUT2D eigenvalue weighted by molar-refractivity contribution is 5.99. The van der Waals surface area contributed by atoms with Crippen molar-refractivity contribution >= 4 is 11.6 Å². The Hall–Kier alpha value is -4.11. The molecule has 3 aromatic rings. The summed E-state index contributed by atoms with van der Waals surface area (Å²) in [6.45, 7) is 2.10. The number of carbonyl (C=O) groups excluding carboxylic acids is 1. The van der Waals surface area contributed by atoms with Crippen molar-refractivity contribution < 1.29 is 14.3 Å². The van der Waals surface area contributed by atoms with Gasteiger partial charge in [0.25, 0.3) is 5.91 Å². The van der Waals surface area contributed by atoms with Crippen LogP contribution in [0.4, 0.5) is 0 Å². The highest BCUT2D eigenvalue weighted by Crippen LogP contribution is 2.18. The number of ether oxygens (including phenoxy) is 2. The molecule has 1 N–H and O–H groups in total. The number of hydrogen-bond acceptors (Lipinski definition) is 5. The SMILES string of the molecule is C/C(=N\NC(=O)COc1ccc(OCc2ccccc2)cc1)c1ccc(C#N)cc1. The Kier molecular flexibility index (Phi) is 7.17. The van der Waals surface area contributed by atoms with Gasteiger partial charge in [-0.25, -0.2) is 5.43 Å². The van der Waals surface area contributed by atoms with Crippen molar-refractivity contribution in [3.8, 4) is 17.6 Å². The molecule has 0 aromatic heterocycles. The number of hydrazone groups is 1. The van der Waals surface area contributed by atoms with Crippen molar-refractivity contribution in [2.45, 2.75) is 13.5 Å². The maximum atomic E-state index is 12.0. The molecule has 6 heteroatoms. The van der Waals surface area contributed by atoms with Gasteiger partial charge in [-0.15, -0.1) is 0 Å². The van der Waals surface area contributed by atoms with E-state index in [1.54, 1.807) is 55.5 Å². The van der Waals surface area contributed by atoms with Crippen molar-refractivity contribution in [3.63, 3.8) is 0 Å². The summed E-state index contributed by atoms with van der Waals surface area (Å²) >= 11 is 0. The predicted molar refractivity (Wildman–Crippen MR) is 114 cm³/mol. The first-order valence-electron chi connectivity index (χ1n) is 9.37. The molecule has 0 aliphatic rings. The summed E-state index contributed by atoms with van der Waals surface area (Å²) < 4.78 is 11.2. The smallest absolute Gasteiger partial charge is 0.277 e. The fourth-order valence-electron chi connectivity index (χ4n) is 2.55. The average Bonchev–Trinajstić information content (AvgIpc) is 2.81. The Morgan fingerprint density at radius 2 is 1.57 bits per heavy atom. The Labute approximate surface area is 175 Å². The molecule has 0 spiro atoms. The zero-order chi connectivity index (χ0) is 21.2. The van der Waals surface area contributed by atoms with Gasteiger partial charge in [-0.2, -0.15) is 10.4 Å². The van der Waals surface area contributed by atoms with Crippen LogP contribution in [-0.4, -0.2) is 18.2 Å². The van der Waals surface area contributed by atoms with Gasteiger partial charge in [0, 0.05) is 0 Å². The third-order valence-electron chi connectivity index (χ3n) is 4.22. The molecule has 0 aliphatic carbocycles. The van der Waals surface area contributed by atoms with E-state index < -0.39 is 0 Å². The number of amides is 1. The second-order valence-corrected chi connectivity index (χ2v) is 6.46. The molecule has 3 aromatic carbocycles. The first kappa shape index (κ1) is 20.6. The van der Waals surface area contributed by atoms with Gasteiger partial charge in [0.15, 0.2) is 6.61 Å². The van der Waals surface area contributed by atoms with E-state index in [1.165, 1.54) is 0 Å². The third kappa shape index (κ3) is 6.21. The molecule has 0 fully saturated rings. The van der Waals surface area contributed by atoms with Crippen LogP contribution in [0.1, 0.15) is 23.6 Å². The maximum Gasteiger partial charge on any atom is 0.277 e. The van der Waals surface area contributed by atoms with Crippen molar-refractivity contribution in [1.29, 1.82) is 5.26 Å². The molecule has 0 atom stereocenters. The number of benzene rings is 3. The molecule has 0 bridgehead atoms. The first-order chi connectivity index (χ1) is 14.6. The van der Waals surface area contributed by atoms with Crippen molar-refractivity contribution in [3.05, 3.63) is 95.6 Å². The Morgan fingerprint density at radius 1 is 0.933 bits per heavy atom. The summed E-state index contributed by atoms with van der Waals surface area (Å²) in [6, 6.07) is 26.0. The number of carbonyl (C=O) groups is 1. The van der Waals surface area contributed by atoms with Crippen LogP contribution in [0.5, 0.6) is 11.5 Å². The average molecular weight is 399 g/mol. The first-order valence-corrected chi connectivity index (χ1v) is 9.37. The summed E-state index contributed by atoms with van der Waals surface area (Å²) in [7, 11) is 0. The van der Waals surface area contributed by atoms with E-state index in [0.717, 1.165) is 16.9 Å². The summed E-state index contributed by atoms with van der Waals surface area (Å²) in [5, 5.41) is 12.9. The Balaban J connectivity index is 1.44. The van der Waals surface area contributed by atoms with Gasteiger partial charge in [-0.3, -0.25) is 4.79 Å². The molecule has 0 radical (unpaired) electrons. The van der Waals surface area contributed by atoms with Crippen LogP contribution in [0.25, 0.3) is 0 Å². The van der Waals surface area contributed by atoms with E-state index in [0.29, 0.717) is 23.6 Å². The van der Waals surface area contributed by atoms with Crippen LogP contribution in [0.15, 0.2) is 84.0 Å². The van der Waals surface area contributed by atoms with E-state index >= 15 is 0 Å². The second-order valence-electron chi connectivity index (χ2n) is 6.46. The lowest BCUT2D eigenvalue weighted by molar-refractivity contribution is -0.123. The van der Waals surface area contributed by atoms with E-state index in [9.17, 15) is 4.79 Å². The fourth-order valence-corrected chi connectivity index (χ4v) is 2.55. The van der Waals surface area contributed by atoms with Crippen molar-refractivity contribution in [2.24, 2.45) is 5.10 Å². The number of nitriles is 1. The van der Waals surface area contributed by atoms with E-state index in [-0.39, 0.29) is 12.5 Å². The van der Waals surface area contributed by atoms with Gasteiger partial charge in [0.2, 0.25) is 0 Å². The fraction of sp³-hybridized carbons (Fsp3) is 0.125. The number of nitrogens with zero attached hydrogens (tertiary/aromatic N) is 2. The monoisotopic (exact) mass is 399 g/mol. The minimum absolute atomic E-state index is 0.158. The summed E-state index contributed by atoms with van der Waals surface area (Å²) in [6.07, 6.45) is 0. The van der Waals surface area contributed by atoms with Crippen LogP contribution >= 0.6 is 0 Å². The molecule has 6 nitrogen and oxygen atoms in total. The highest BCUT2D eigenvalue weighted by atomic mass is 16.5. The summed E-state index contributed by atoms with van der Waals surface area (Å²) in [4.78, 5) is 12.0. The number of rotatable bonds is 8. The quantitative estimate of drug-likeness (QED) is 0.457. The zero-order valence-electron chi connectivity index (χ0n) is 16.5. The van der Waals surface area contributed by atoms with Crippen LogP contribution in [-0.2, 0) is 11.4 Å². The Morgan fingerprint density at radius 3 is 2.20 bits per heavy atom. The molecule has 0 unspecified atom stereocenters. The summed E-state index contributed by atoms with van der Waals surface area (Å²) in [5.74, 6) is 0.913. The Bertz CT molecular complexity index is 1040. The van der Waals surface area contributed by atoms with E-state index in [1.807, 2.05) is 30.3 Å². The zero-order valence-corrected chi connectivity index (χ0v) is 16.5. The molecule has 3 rings (SSSR count). The van der Waals surface area contributed by atoms with Crippen molar-refractivity contribution in [1.82, 2.24) is 5.43 Å². The lowest BCUT2D eigenvalue weighted by atomic mass is 10.1. The molecule has 1 amide bonds. The molecule has 0 saturated carbocycles. The van der Waals surface area contributed by atoms with E-state index in [4.69, 9.17) is 14.7 Å². The van der Waals surface area contributed by atoms with Gasteiger partial charge in [0.1, 0.15) is 18.1 Å². The van der Waals surface area contributed by atoms with Crippen LogP contribution in [0, 0.1) is 11.3 Å². The molecular formula is C24H21N3O3. The van der Waals surface area contributed by atoms with E-state index in [2.05, 4.69) is 16.6 Å². The molecule has 0 saturated heterocycles. The molecule has 30 heavy (non-hydrogen) atoms. The predicted octanol–water partition coefficient (Wildman–Crippen LogP) is 4.06. The van der Waals surface area contributed by atoms with Gasteiger partial charge >= 0.3 is 0 Å². The molecule has 150 valence electrons. The van der Waals surface area contributed by atoms with Crippen LogP contribution in [0.3, 0.4) is 0 Å². The molecular weight excluding hydrogens is 378 g/mol. The van der Waals surface area contributed by atoms with Gasteiger partial charge < -0.3 is 9.47 Å². The summed E-state index contributed by atoms with van der Waals surface area (Å²) in [5.41, 5.74) is 5.58. The van der Waals surface area contributed by atoms with Crippen LogP contribution in [0.2, 0.25) is 0 Å². The van der Waals surface area contributed by atoms with Gasteiger partial charge in [-0.1, -0.05) is 42.5 Å². The molecule has 0 heterocycles. The van der Waals surface area contributed by atoms with Crippen molar-refractivity contribution in [2.75, 3.05) is 6.61 Å². The van der Waals surface area contributed by atoms with Gasteiger partial charge in [0.05, 0.1) is 17.3 Å². The normalized spacial score (nSPS) is 10.7. The highest BCUT2D eigenvalue weighted by Gasteiger charge is 2.04. The number of hydrogen-bond donors (Lipinski definition) is 1. The number of nitrogens with one attached hydrogen (secondary N) is 1.